The Labute approximate surface area is 200 Å². The Morgan fingerprint density at radius 2 is 1.71 bits per heavy atom. The average molecular weight is 478 g/mol. The van der Waals surface area contributed by atoms with Crippen molar-refractivity contribution >= 4 is 21.5 Å². The summed E-state index contributed by atoms with van der Waals surface area (Å²) in [6.45, 7) is 2.10. The second-order valence-corrected chi connectivity index (χ2v) is 10.3. The van der Waals surface area contributed by atoms with Gasteiger partial charge in [-0.15, -0.1) is 0 Å². The molecule has 0 N–H and O–H groups in total. The number of para-hydroxylation sites is 2. The molecule has 0 aliphatic carbocycles. The molecular weight excluding hydrogens is 450 g/mol. The number of fused-ring (bicyclic) bond motifs is 2. The topological polar surface area (TPSA) is 71.4 Å². The van der Waals surface area contributed by atoms with Gasteiger partial charge in [-0.1, -0.05) is 42.5 Å². The Bertz CT molecular complexity index is 1310. The molecular formula is C26H27N3O4S. The average Bonchev–Trinajstić information content (AvgIpc) is 3.19. The number of amidine groups is 1. The third-order valence-electron chi connectivity index (χ3n) is 6.08. The van der Waals surface area contributed by atoms with Crippen LogP contribution in [-0.2, 0) is 15.8 Å². The Morgan fingerprint density at radius 1 is 0.912 bits per heavy atom. The van der Waals surface area contributed by atoms with Gasteiger partial charge >= 0.3 is 0 Å². The lowest BCUT2D eigenvalue weighted by atomic mass is 10.1. The van der Waals surface area contributed by atoms with E-state index >= 15 is 0 Å². The third-order valence-corrected chi connectivity index (χ3v) is 7.93. The lowest BCUT2D eigenvalue weighted by Gasteiger charge is -2.25. The molecule has 176 valence electrons. The SMILES string of the molecule is COc1ccc2c(c1)C(N1CCCN(S(=O)(=O)Cc3ccccc3)CC1)=Nc1ccccc1O2. The molecule has 2 heterocycles. The van der Waals surface area contributed by atoms with Gasteiger partial charge in [-0.05, 0) is 42.3 Å². The highest BCUT2D eigenvalue weighted by Gasteiger charge is 2.29. The van der Waals surface area contributed by atoms with Crippen LogP contribution in [0.5, 0.6) is 17.2 Å². The fraction of sp³-hybridized carbons (Fsp3) is 0.269. The summed E-state index contributed by atoms with van der Waals surface area (Å²) in [5, 5.41) is 0. The maximum Gasteiger partial charge on any atom is 0.218 e. The van der Waals surface area contributed by atoms with Gasteiger partial charge in [0.05, 0.1) is 18.4 Å². The van der Waals surface area contributed by atoms with Crippen LogP contribution in [0.3, 0.4) is 0 Å². The number of hydrogen-bond acceptors (Lipinski definition) is 6. The summed E-state index contributed by atoms with van der Waals surface area (Å²) in [5.41, 5.74) is 2.37. The quantitative estimate of drug-likeness (QED) is 0.556. The van der Waals surface area contributed by atoms with Crippen molar-refractivity contribution in [2.75, 3.05) is 33.3 Å². The number of benzene rings is 3. The summed E-state index contributed by atoms with van der Waals surface area (Å²) in [6.07, 6.45) is 0.703. The zero-order valence-electron chi connectivity index (χ0n) is 19.1. The van der Waals surface area contributed by atoms with Crippen LogP contribution in [0.4, 0.5) is 5.69 Å². The van der Waals surface area contributed by atoms with Gasteiger partial charge in [0.2, 0.25) is 10.0 Å². The molecule has 5 rings (SSSR count). The summed E-state index contributed by atoms with van der Waals surface area (Å²) >= 11 is 0. The van der Waals surface area contributed by atoms with E-state index in [0.717, 1.165) is 22.6 Å². The molecule has 0 radical (unpaired) electrons. The molecule has 34 heavy (non-hydrogen) atoms. The van der Waals surface area contributed by atoms with Gasteiger partial charge in [0.1, 0.15) is 23.0 Å². The molecule has 0 saturated carbocycles. The molecule has 3 aromatic rings. The molecule has 0 atom stereocenters. The molecule has 0 aromatic heterocycles. The predicted molar refractivity (Wildman–Crippen MR) is 133 cm³/mol. The molecule has 2 aliphatic heterocycles. The van der Waals surface area contributed by atoms with Gasteiger partial charge in [-0.2, -0.15) is 4.31 Å². The van der Waals surface area contributed by atoms with Gasteiger partial charge in [0.15, 0.2) is 5.75 Å². The van der Waals surface area contributed by atoms with Crippen LogP contribution in [0.25, 0.3) is 0 Å². The molecule has 8 heteroatoms. The Morgan fingerprint density at radius 3 is 2.53 bits per heavy atom. The Balaban J connectivity index is 1.44. The number of ether oxygens (including phenoxy) is 2. The van der Waals surface area contributed by atoms with E-state index in [1.54, 1.807) is 11.4 Å². The number of aliphatic imine (C=N–C) groups is 1. The number of nitrogens with zero attached hydrogens (tertiary/aromatic N) is 3. The first-order valence-corrected chi connectivity index (χ1v) is 12.9. The molecule has 1 saturated heterocycles. The first-order valence-electron chi connectivity index (χ1n) is 11.3. The fourth-order valence-electron chi connectivity index (χ4n) is 4.33. The van der Waals surface area contributed by atoms with Crippen molar-refractivity contribution in [1.82, 2.24) is 9.21 Å². The molecule has 0 unspecified atom stereocenters. The van der Waals surface area contributed by atoms with Gasteiger partial charge in [-0.3, -0.25) is 0 Å². The van der Waals surface area contributed by atoms with Crippen LogP contribution < -0.4 is 9.47 Å². The summed E-state index contributed by atoms with van der Waals surface area (Å²) in [7, 11) is -1.79. The molecule has 0 spiro atoms. The Hall–Kier alpha value is -3.36. The zero-order valence-corrected chi connectivity index (χ0v) is 19.9. The number of methoxy groups -OCH3 is 1. The van der Waals surface area contributed by atoms with E-state index in [1.165, 1.54) is 0 Å². The first kappa shape index (κ1) is 22.4. The minimum atomic E-state index is -3.42. The maximum atomic E-state index is 13.1. The summed E-state index contributed by atoms with van der Waals surface area (Å²) in [4.78, 5) is 7.12. The van der Waals surface area contributed by atoms with Crippen LogP contribution in [0.1, 0.15) is 17.5 Å². The van der Waals surface area contributed by atoms with Gasteiger partial charge < -0.3 is 14.4 Å². The highest BCUT2D eigenvalue weighted by atomic mass is 32.2. The van der Waals surface area contributed by atoms with E-state index in [-0.39, 0.29) is 5.75 Å². The summed E-state index contributed by atoms with van der Waals surface area (Å²) in [6, 6.07) is 22.7. The highest BCUT2D eigenvalue weighted by Crippen LogP contribution is 2.39. The largest absolute Gasteiger partial charge is 0.497 e. The van der Waals surface area contributed by atoms with Gasteiger partial charge in [-0.25, -0.2) is 13.4 Å². The normalized spacial score (nSPS) is 16.4. The van der Waals surface area contributed by atoms with Crippen LogP contribution >= 0.6 is 0 Å². The number of rotatable bonds is 4. The second-order valence-electron chi connectivity index (χ2n) is 8.35. The molecule has 3 aromatic carbocycles. The summed E-state index contributed by atoms with van der Waals surface area (Å²) < 4.78 is 39.5. The van der Waals surface area contributed by atoms with E-state index < -0.39 is 10.0 Å². The molecule has 1 fully saturated rings. The fourth-order valence-corrected chi connectivity index (χ4v) is 5.89. The Kier molecular flexibility index (Phi) is 6.26. The third kappa shape index (κ3) is 4.64. The van der Waals surface area contributed by atoms with E-state index in [9.17, 15) is 8.42 Å². The number of sulfonamides is 1. The van der Waals surface area contributed by atoms with Crippen LogP contribution in [0, 0.1) is 0 Å². The van der Waals surface area contributed by atoms with E-state index in [4.69, 9.17) is 14.5 Å². The molecule has 7 nitrogen and oxygen atoms in total. The monoisotopic (exact) mass is 477 g/mol. The zero-order chi connectivity index (χ0) is 23.5. The predicted octanol–water partition coefficient (Wildman–Crippen LogP) is 4.42. The van der Waals surface area contributed by atoms with Crippen LogP contribution in [-0.4, -0.2) is 56.7 Å². The molecule has 0 amide bonds. The van der Waals surface area contributed by atoms with Crippen molar-refractivity contribution in [2.45, 2.75) is 12.2 Å². The smallest absolute Gasteiger partial charge is 0.218 e. The van der Waals surface area contributed by atoms with Crippen molar-refractivity contribution < 1.29 is 17.9 Å². The standard InChI is InChI=1S/C26H27N3O4S/c1-32-21-12-13-24-22(18-21)26(27-23-10-5-6-11-25(23)33-24)28-14-7-15-29(17-16-28)34(30,31)19-20-8-3-2-4-9-20/h2-6,8-13,18H,7,14-17,19H2,1H3. The van der Waals surface area contributed by atoms with E-state index in [0.29, 0.717) is 49.8 Å². The van der Waals surface area contributed by atoms with Crippen molar-refractivity contribution in [3.8, 4) is 17.2 Å². The second kappa shape index (κ2) is 9.48. The maximum absolute atomic E-state index is 13.1. The van der Waals surface area contributed by atoms with E-state index in [1.807, 2.05) is 72.8 Å². The van der Waals surface area contributed by atoms with Gasteiger partial charge in [0, 0.05) is 26.2 Å². The van der Waals surface area contributed by atoms with Crippen molar-refractivity contribution in [3.63, 3.8) is 0 Å². The van der Waals surface area contributed by atoms with Crippen LogP contribution in [0.15, 0.2) is 77.8 Å². The van der Waals surface area contributed by atoms with Crippen molar-refractivity contribution in [1.29, 1.82) is 0 Å². The lowest BCUT2D eigenvalue weighted by Crippen LogP contribution is -2.38. The lowest BCUT2D eigenvalue weighted by molar-refractivity contribution is 0.405. The van der Waals surface area contributed by atoms with Crippen molar-refractivity contribution in [3.05, 3.63) is 83.9 Å². The minimum Gasteiger partial charge on any atom is -0.497 e. The highest BCUT2D eigenvalue weighted by molar-refractivity contribution is 7.88. The number of hydrogen-bond donors (Lipinski definition) is 0. The van der Waals surface area contributed by atoms with Crippen LogP contribution in [0.2, 0.25) is 0 Å². The minimum absolute atomic E-state index is 0.00995. The van der Waals surface area contributed by atoms with Crippen molar-refractivity contribution in [2.24, 2.45) is 4.99 Å². The molecule has 0 bridgehead atoms. The van der Waals surface area contributed by atoms with Gasteiger partial charge in [0.25, 0.3) is 0 Å². The first-order chi connectivity index (χ1) is 16.5. The molecule has 2 aliphatic rings. The van der Waals surface area contributed by atoms with E-state index in [2.05, 4.69) is 4.90 Å². The summed E-state index contributed by atoms with van der Waals surface area (Å²) in [5.74, 6) is 2.87.